The molecule has 0 saturated heterocycles. The first-order valence-electron chi connectivity index (χ1n) is 3.47. The molecule has 0 bridgehead atoms. The minimum absolute atomic E-state index is 0.606. The Morgan fingerprint density at radius 3 is 2.67 bits per heavy atom. The molecule has 1 aliphatic rings. The summed E-state index contributed by atoms with van der Waals surface area (Å²) in [5.74, 6) is 0.711. The molecule has 2 heteroatoms. The van der Waals surface area contributed by atoms with Crippen molar-refractivity contribution in [3.05, 3.63) is 12.3 Å². The SMILES string of the molecule is CC(C)C1CC=CNN1. The van der Waals surface area contributed by atoms with Gasteiger partial charge >= 0.3 is 0 Å². The largest absolute Gasteiger partial charge is 0.329 e. The van der Waals surface area contributed by atoms with Gasteiger partial charge in [-0.05, 0) is 12.3 Å². The second-order valence-corrected chi connectivity index (χ2v) is 2.78. The highest BCUT2D eigenvalue weighted by molar-refractivity contribution is 4.89. The van der Waals surface area contributed by atoms with Crippen molar-refractivity contribution in [1.29, 1.82) is 0 Å². The second-order valence-electron chi connectivity index (χ2n) is 2.78. The van der Waals surface area contributed by atoms with Crippen LogP contribution in [0.5, 0.6) is 0 Å². The van der Waals surface area contributed by atoms with Gasteiger partial charge in [-0.25, -0.2) is 5.43 Å². The smallest absolute Gasteiger partial charge is 0.0318 e. The summed E-state index contributed by atoms with van der Waals surface area (Å²) in [6.45, 7) is 4.44. The standard InChI is InChI=1S/C7H14N2/c1-6(2)7-4-3-5-8-9-7/h3,5-9H,4H2,1-2H3. The van der Waals surface area contributed by atoms with Gasteiger partial charge in [-0.15, -0.1) is 0 Å². The third-order valence-electron chi connectivity index (χ3n) is 1.66. The Morgan fingerprint density at radius 1 is 1.56 bits per heavy atom. The van der Waals surface area contributed by atoms with Crippen LogP contribution in [-0.2, 0) is 0 Å². The van der Waals surface area contributed by atoms with Crippen LogP contribution in [-0.4, -0.2) is 6.04 Å². The molecule has 2 nitrogen and oxygen atoms in total. The Kier molecular flexibility index (Phi) is 2.11. The number of nitrogens with one attached hydrogen (secondary N) is 2. The molecular formula is C7H14N2. The average Bonchev–Trinajstić information content (AvgIpc) is 1.90. The van der Waals surface area contributed by atoms with Crippen molar-refractivity contribution in [2.45, 2.75) is 26.3 Å². The van der Waals surface area contributed by atoms with E-state index < -0.39 is 0 Å². The normalized spacial score (nSPS) is 26.3. The van der Waals surface area contributed by atoms with Crippen LogP contribution < -0.4 is 10.9 Å². The van der Waals surface area contributed by atoms with Crippen LogP contribution in [0.4, 0.5) is 0 Å². The van der Waals surface area contributed by atoms with Gasteiger partial charge in [-0.2, -0.15) is 0 Å². The van der Waals surface area contributed by atoms with Crippen molar-refractivity contribution in [2.24, 2.45) is 5.92 Å². The molecule has 1 rings (SSSR count). The molecule has 0 amide bonds. The molecule has 0 aromatic rings. The third-order valence-corrected chi connectivity index (χ3v) is 1.66. The Morgan fingerprint density at radius 2 is 2.33 bits per heavy atom. The minimum Gasteiger partial charge on any atom is -0.329 e. The van der Waals surface area contributed by atoms with Crippen LogP contribution in [0.3, 0.4) is 0 Å². The van der Waals surface area contributed by atoms with Crippen LogP contribution in [0.1, 0.15) is 20.3 Å². The van der Waals surface area contributed by atoms with Crippen molar-refractivity contribution in [2.75, 3.05) is 0 Å². The highest BCUT2D eigenvalue weighted by Crippen LogP contribution is 2.07. The number of hydrazine groups is 1. The molecule has 52 valence electrons. The molecule has 0 aromatic carbocycles. The molecule has 0 spiro atoms. The summed E-state index contributed by atoms with van der Waals surface area (Å²) >= 11 is 0. The lowest BCUT2D eigenvalue weighted by molar-refractivity contribution is 0.363. The molecule has 0 radical (unpaired) electrons. The van der Waals surface area contributed by atoms with E-state index in [0.29, 0.717) is 12.0 Å². The van der Waals surface area contributed by atoms with Gasteiger partial charge in [0.05, 0.1) is 0 Å². The maximum atomic E-state index is 3.18. The number of hydrogen-bond acceptors (Lipinski definition) is 2. The topological polar surface area (TPSA) is 24.1 Å². The highest BCUT2D eigenvalue weighted by Gasteiger charge is 2.11. The Hall–Kier alpha value is -0.500. The van der Waals surface area contributed by atoms with E-state index in [1.165, 1.54) is 0 Å². The van der Waals surface area contributed by atoms with Crippen LogP contribution in [0.25, 0.3) is 0 Å². The van der Waals surface area contributed by atoms with Crippen molar-refractivity contribution < 1.29 is 0 Å². The first kappa shape index (κ1) is 6.62. The predicted molar refractivity (Wildman–Crippen MR) is 38.7 cm³/mol. The number of rotatable bonds is 1. The average molecular weight is 126 g/mol. The van der Waals surface area contributed by atoms with E-state index in [0.717, 1.165) is 6.42 Å². The first-order chi connectivity index (χ1) is 4.30. The molecule has 0 saturated carbocycles. The van der Waals surface area contributed by atoms with Gasteiger partial charge in [0.1, 0.15) is 0 Å². The second kappa shape index (κ2) is 2.87. The lowest BCUT2D eigenvalue weighted by Gasteiger charge is -2.23. The summed E-state index contributed by atoms with van der Waals surface area (Å²) in [6.07, 6.45) is 5.24. The third kappa shape index (κ3) is 1.72. The van der Waals surface area contributed by atoms with Crippen molar-refractivity contribution >= 4 is 0 Å². The quantitative estimate of drug-likeness (QED) is 0.548. The van der Waals surface area contributed by atoms with Crippen LogP contribution in [0.2, 0.25) is 0 Å². The summed E-state index contributed by atoms with van der Waals surface area (Å²) in [5, 5.41) is 0. The number of hydrogen-bond donors (Lipinski definition) is 2. The van der Waals surface area contributed by atoms with Gasteiger partial charge in [0.2, 0.25) is 0 Å². The summed E-state index contributed by atoms with van der Waals surface area (Å²) < 4.78 is 0. The van der Waals surface area contributed by atoms with Crippen LogP contribution in [0.15, 0.2) is 12.3 Å². The fourth-order valence-corrected chi connectivity index (χ4v) is 0.926. The molecule has 1 aliphatic heterocycles. The lowest BCUT2D eigenvalue weighted by Crippen LogP contribution is -2.43. The van der Waals surface area contributed by atoms with E-state index >= 15 is 0 Å². The predicted octanol–water partition coefficient (Wildman–Crippen LogP) is 1.02. The zero-order chi connectivity index (χ0) is 6.69. The van der Waals surface area contributed by atoms with Crippen LogP contribution >= 0.6 is 0 Å². The molecular weight excluding hydrogens is 112 g/mol. The maximum absolute atomic E-state index is 3.18. The van der Waals surface area contributed by atoms with Gasteiger partial charge in [0.25, 0.3) is 0 Å². The highest BCUT2D eigenvalue weighted by atomic mass is 15.4. The maximum Gasteiger partial charge on any atom is 0.0318 e. The minimum atomic E-state index is 0.606. The molecule has 0 aromatic heterocycles. The van der Waals surface area contributed by atoms with E-state index in [4.69, 9.17) is 0 Å². The first-order valence-corrected chi connectivity index (χ1v) is 3.47. The van der Waals surface area contributed by atoms with Crippen molar-refractivity contribution in [3.63, 3.8) is 0 Å². The van der Waals surface area contributed by atoms with E-state index in [-0.39, 0.29) is 0 Å². The molecule has 0 fully saturated rings. The van der Waals surface area contributed by atoms with Gasteiger partial charge in [-0.3, -0.25) is 0 Å². The zero-order valence-electron chi connectivity index (χ0n) is 6.02. The van der Waals surface area contributed by atoms with Gasteiger partial charge in [0, 0.05) is 12.2 Å². The summed E-state index contributed by atoms with van der Waals surface area (Å²) in [5.41, 5.74) is 6.17. The fraction of sp³-hybridized carbons (Fsp3) is 0.714. The molecule has 1 heterocycles. The summed E-state index contributed by atoms with van der Waals surface area (Å²) in [6, 6.07) is 0.606. The Labute approximate surface area is 56.3 Å². The Bertz CT molecular complexity index is 107. The zero-order valence-corrected chi connectivity index (χ0v) is 6.02. The lowest BCUT2D eigenvalue weighted by atomic mass is 10.0. The van der Waals surface area contributed by atoms with Gasteiger partial charge < -0.3 is 5.43 Å². The van der Waals surface area contributed by atoms with Gasteiger partial charge in [0.15, 0.2) is 0 Å². The van der Waals surface area contributed by atoms with Gasteiger partial charge in [-0.1, -0.05) is 19.9 Å². The van der Waals surface area contributed by atoms with Crippen molar-refractivity contribution in [3.8, 4) is 0 Å². The molecule has 1 unspecified atom stereocenters. The molecule has 2 N–H and O–H groups in total. The van der Waals surface area contributed by atoms with E-state index in [1.54, 1.807) is 0 Å². The summed E-state index contributed by atoms with van der Waals surface area (Å²) in [4.78, 5) is 0. The van der Waals surface area contributed by atoms with Crippen molar-refractivity contribution in [1.82, 2.24) is 10.9 Å². The van der Waals surface area contributed by atoms with Crippen LogP contribution in [0, 0.1) is 5.92 Å². The monoisotopic (exact) mass is 126 g/mol. The molecule has 0 aliphatic carbocycles. The Balaban J connectivity index is 2.35. The fourth-order valence-electron chi connectivity index (χ4n) is 0.926. The molecule has 9 heavy (non-hydrogen) atoms. The molecule has 1 atom stereocenters. The summed E-state index contributed by atoms with van der Waals surface area (Å²) in [7, 11) is 0. The van der Waals surface area contributed by atoms with E-state index in [9.17, 15) is 0 Å². The van der Waals surface area contributed by atoms with E-state index in [2.05, 4.69) is 30.8 Å². The van der Waals surface area contributed by atoms with E-state index in [1.807, 2.05) is 6.20 Å².